The molecular weight excluding hydrogens is 316 g/mol. The molecule has 0 heterocycles. The second kappa shape index (κ2) is 7.36. The van der Waals surface area contributed by atoms with Gasteiger partial charge in [-0.2, -0.15) is 0 Å². The molecule has 0 aliphatic heterocycles. The van der Waals surface area contributed by atoms with Crippen molar-refractivity contribution in [1.29, 1.82) is 0 Å². The Bertz CT molecular complexity index is 607. The first kappa shape index (κ1) is 19.8. The van der Waals surface area contributed by atoms with Crippen LogP contribution in [0.5, 0.6) is 5.75 Å². The van der Waals surface area contributed by atoms with E-state index in [2.05, 4.69) is 59.7 Å². The molecule has 1 N–H and O–H groups in total. The molecule has 2 rings (SSSR count). The Balaban J connectivity index is 2.24. The summed E-state index contributed by atoms with van der Waals surface area (Å²) < 4.78 is 11.9. The molecule has 0 spiro atoms. The summed E-state index contributed by atoms with van der Waals surface area (Å²) in [6.07, 6.45) is 2.52. The largest absolute Gasteiger partial charge is 0.487 e. The Kier molecular flexibility index (Phi) is 5.82. The average molecular weight is 348 g/mol. The van der Waals surface area contributed by atoms with Gasteiger partial charge in [-0.3, -0.25) is 0 Å². The number of carbonyl (C=O) groups is 1. The summed E-state index contributed by atoms with van der Waals surface area (Å²) in [5, 5.41) is 8.84. The normalized spacial score (nSPS) is 21.4. The molecular formula is C21H32O4. The molecule has 1 fully saturated rings. The van der Waals surface area contributed by atoms with Crippen LogP contribution in [0.15, 0.2) is 18.2 Å². The SMILES string of the molecule is CC(C)(C)c1ccc(O[C@@H]2CCC[C@H]2OCC(=O)O)c(C(C)(C)C)c1. The van der Waals surface area contributed by atoms with Gasteiger partial charge in [-0.1, -0.05) is 53.7 Å². The number of rotatable bonds is 5. The maximum absolute atomic E-state index is 10.8. The number of benzene rings is 1. The summed E-state index contributed by atoms with van der Waals surface area (Å²) in [6.45, 7) is 12.9. The van der Waals surface area contributed by atoms with Crippen LogP contribution in [0.4, 0.5) is 0 Å². The second-order valence-corrected chi connectivity index (χ2v) is 9.04. The third-order valence-electron chi connectivity index (χ3n) is 4.74. The summed E-state index contributed by atoms with van der Waals surface area (Å²) in [7, 11) is 0. The van der Waals surface area contributed by atoms with E-state index in [0.29, 0.717) is 0 Å². The first-order valence-electron chi connectivity index (χ1n) is 9.13. The Hall–Kier alpha value is -1.55. The Labute approximate surface area is 151 Å². The molecule has 0 radical (unpaired) electrons. The third-order valence-corrected chi connectivity index (χ3v) is 4.74. The molecule has 1 aromatic rings. The summed E-state index contributed by atoms with van der Waals surface area (Å²) in [4.78, 5) is 10.8. The van der Waals surface area contributed by atoms with E-state index in [1.165, 1.54) is 11.1 Å². The van der Waals surface area contributed by atoms with Crippen LogP contribution in [0.2, 0.25) is 0 Å². The first-order chi connectivity index (χ1) is 11.5. The van der Waals surface area contributed by atoms with Crippen molar-refractivity contribution >= 4 is 5.97 Å². The molecule has 1 aliphatic carbocycles. The third kappa shape index (κ3) is 5.21. The van der Waals surface area contributed by atoms with E-state index in [1.807, 2.05) is 0 Å². The van der Waals surface area contributed by atoms with Gasteiger partial charge in [0.2, 0.25) is 0 Å². The lowest BCUT2D eigenvalue weighted by atomic mass is 9.80. The van der Waals surface area contributed by atoms with Crippen LogP contribution in [0.3, 0.4) is 0 Å². The van der Waals surface area contributed by atoms with Gasteiger partial charge in [0, 0.05) is 0 Å². The van der Waals surface area contributed by atoms with Crippen molar-refractivity contribution in [3.63, 3.8) is 0 Å². The van der Waals surface area contributed by atoms with Gasteiger partial charge in [0.15, 0.2) is 0 Å². The molecule has 4 heteroatoms. The topological polar surface area (TPSA) is 55.8 Å². The van der Waals surface area contributed by atoms with Gasteiger partial charge < -0.3 is 14.6 Å². The van der Waals surface area contributed by atoms with Crippen molar-refractivity contribution < 1.29 is 19.4 Å². The van der Waals surface area contributed by atoms with Gasteiger partial charge in [0.25, 0.3) is 0 Å². The van der Waals surface area contributed by atoms with E-state index in [4.69, 9.17) is 14.6 Å². The lowest BCUT2D eigenvalue weighted by Gasteiger charge is -2.29. The molecule has 1 saturated carbocycles. The van der Waals surface area contributed by atoms with E-state index in [0.717, 1.165) is 25.0 Å². The minimum Gasteiger partial charge on any atom is -0.487 e. The van der Waals surface area contributed by atoms with Gasteiger partial charge in [-0.25, -0.2) is 4.79 Å². The van der Waals surface area contributed by atoms with Crippen LogP contribution >= 0.6 is 0 Å². The van der Waals surface area contributed by atoms with E-state index in [9.17, 15) is 4.79 Å². The van der Waals surface area contributed by atoms with Crippen molar-refractivity contribution in [2.45, 2.75) is 83.8 Å². The number of hydrogen-bond acceptors (Lipinski definition) is 3. The maximum Gasteiger partial charge on any atom is 0.329 e. The molecule has 0 unspecified atom stereocenters. The number of carboxylic acid groups (broad SMARTS) is 1. The molecule has 0 saturated heterocycles. The molecule has 1 aromatic carbocycles. The molecule has 0 bridgehead atoms. The smallest absolute Gasteiger partial charge is 0.329 e. The van der Waals surface area contributed by atoms with Crippen LogP contribution in [0, 0.1) is 0 Å². The summed E-state index contributed by atoms with van der Waals surface area (Å²) in [6, 6.07) is 6.44. The lowest BCUT2D eigenvalue weighted by Crippen LogP contribution is -2.31. The number of hydrogen-bond donors (Lipinski definition) is 1. The number of aliphatic carboxylic acids is 1. The zero-order valence-corrected chi connectivity index (χ0v) is 16.4. The van der Waals surface area contributed by atoms with E-state index < -0.39 is 5.97 Å². The molecule has 2 atom stereocenters. The van der Waals surface area contributed by atoms with Crippen molar-refractivity contribution in [3.8, 4) is 5.75 Å². The Morgan fingerprint density at radius 2 is 1.72 bits per heavy atom. The minimum atomic E-state index is -0.935. The summed E-state index contributed by atoms with van der Waals surface area (Å²) in [5.41, 5.74) is 2.52. The molecule has 140 valence electrons. The molecule has 0 aromatic heterocycles. The fourth-order valence-corrected chi connectivity index (χ4v) is 3.24. The van der Waals surface area contributed by atoms with E-state index in [-0.39, 0.29) is 29.6 Å². The molecule has 0 amide bonds. The molecule has 25 heavy (non-hydrogen) atoms. The predicted molar refractivity (Wildman–Crippen MR) is 99.5 cm³/mol. The van der Waals surface area contributed by atoms with Crippen molar-refractivity contribution in [3.05, 3.63) is 29.3 Å². The summed E-state index contributed by atoms with van der Waals surface area (Å²) in [5.74, 6) is -0.0492. The van der Waals surface area contributed by atoms with Crippen LogP contribution in [0.25, 0.3) is 0 Å². The fourth-order valence-electron chi connectivity index (χ4n) is 3.24. The van der Waals surface area contributed by atoms with Crippen molar-refractivity contribution in [2.75, 3.05) is 6.61 Å². The van der Waals surface area contributed by atoms with Gasteiger partial charge in [0.1, 0.15) is 18.5 Å². The van der Waals surface area contributed by atoms with Crippen LogP contribution in [-0.2, 0) is 20.4 Å². The Morgan fingerprint density at radius 1 is 1.08 bits per heavy atom. The zero-order valence-electron chi connectivity index (χ0n) is 16.4. The van der Waals surface area contributed by atoms with Crippen LogP contribution in [0.1, 0.15) is 71.9 Å². The standard InChI is InChI=1S/C21H32O4/c1-20(2,3)14-10-11-16(15(12-14)21(4,5)6)25-18-9-7-8-17(18)24-13-19(22)23/h10-12,17-18H,7-9,13H2,1-6H3,(H,22,23)/t17-,18-/m1/s1. The average Bonchev–Trinajstić information content (AvgIpc) is 2.90. The molecule has 4 nitrogen and oxygen atoms in total. The first-order valence-corrected chi connectivity index (χ1v) is 9.13. The second-order valence-electron chi connectivity index (χ2n) is 9.04. The maximum atomic E-state index is 10.8. The van der Waals surface area contributed by atoms with Crippen molar-refractivity contribution in [2.24, 2.45) is 0 Å². The van der Waals surface area contributed by atoms with E-state index in [1.54, 1.807) is 0 Å². The van der Waals surface area contributed by atoms with Crippen LogP contribution in [-0.4, -0.2) is 29.9 Å². The highest BCUT2D eigenvalue weighted by Gasteiger charge is 2.32. The highest BCUT2D eigenvalue weighted by Crippen LogP contribution is 2.37. The Morgan fingerprint density at radius 3 is 2.28 bits per heavy atom. The minimum absolute atomic E-state index is 0.0351. The zero-order chi connectivity index (χ0) is 18.8. The van der Waals surface area contributed by atoms with Crippen LogP contribution < -0.4 is 4.74 Å². The lowest BCUT2D eigenvalue weighted by molar-refractivity contribution is -0.145. The fraction of sp³-hybridized carbons (Fsp3) is 0.667. The van der Waals surface area contributed by atoms with Gasteiger partial charge >= 0.3 is 5.97 Å². The van der Waals surface area contributed by atoms with Gasteiger partial charge in [-0.05, 0) is 47.3 Å². The number of carboxylic acids is 1. The van der Waals surface area contributed by atoms with E-state index >= 15 is 0 Å². The summed E-state index contributed by atoms with van der Waals surface area (Å²) >= 11 is 0. The van der Waals surface area contributed by atoms with Gasteiger partial charge in [0.05, 0.1) is 6.10 Å². The quantitative estimate of drug-likeness (QED) is 0.839. The highest BCUT2D eigenvalue weighted by molar-refractivity contribution is 5.68. The monoisotopic (exact) mass is 348 g/mol. The molecule has 1 aliphatic rings. The van der Waals surface area contributed by atoms with Crippen molar-refractivity contribution in [1.82, 2.24) is 0 Å². The van der Waals surface area contributed by atoms with Gasteiger partial charge in [-0.15, -0.1) is 0 Å². The predicted octanol–water partition coefficient (Wildman–Crippen LogP) is 4.68. The highest BCUT2D eigenvalue weighted by atomic mass is 16.6. The number of ether oxygens (including phenoxy) is 2.